The molecule has 142 valence electrons. The van der Waals surface area contributed by atoms with Gasteiger partial charge in [0.15, 0.2) is 6.10 Å². The normalized spacial score (nSPS) is 12.2. The lowest BCUT2D eigenvalue weighted by atomic mass is 9.99. The zero-order valence-electron chi connectivity index (χ0n) is 16.3. The maximum absolute atomic E-state index is 12.8. The smallest absolute Gasteiger partial charge is 0.261 e. The number of pyridine rings is 2. The van der Waals surface area contributed by atoms with Gasteiger partial charge in [0.05, 0.1) is 16.7 Å². The molecule has 5 heteroatoms. The second-order valence-electron chi connectivity index (χ2n) is 7.07. The van der Waals surface area contributed by atoms with Crippen molar-refractivity contribution in [3.63, 3.8) is 0 Å². The number of carbonyl (C=O) groups is 1. The van der Waals surface area contributed by atoms with Gasteiger partial charge in [0.2, 0.25) is 0 Å². The summed E-state index contributed by atoms with van der Waals surface area (Å²) in [5, 5.41) is 3.91. The lowest BCUT2D eigenvalue weighted by Gasteiger charge is -2.28. The monoisotopic (exact) mass is 373 g/mol. The first-order chi connectivity index (χ1) is 13.4. The number of rotatable bonds is 6. The van der Waals surface area contributed by atoms with Crippen LogP contribution in [0.1, 0.15) is 38.4 Å². The molecule has 0 aliphatic carbocycles. The van der Waals surface area contributed by atoms with Crippen LogP contribution in [0.2, 0.25) is 0 Å². The van der Waals surface area contributed by atoms with Crippen molar-refractivity contribution in [2.45, 2.75) is 38.8 Å². The summed E-state index contributed by atoms with van der Waals surface area (Å²) < 4.78 is 5.98. The van der Waals surface area contributed by atoms with Gasteiger partial charge in [-0.3, -0.25) is 14.8 Å². The third kappa shape index (κ3) is 4.29. The number of terminal acetylenes is 1. The molecule has 0 saturated carbocycles. The number of carbonyl (C=O) groups excluding carboxylic acids is 1. The Morgan fingerprint density at radius 3 is 2.75 bits per heavy atom. The van der Waals surface area contributed by atoms with Crippen molar-refractivity contribution in [1.29, 1.82) is 0 Å². The fraction of sp³-hybridized carbons (Fsp3) is 0.261. The van der Waals surface area contributed by atoms with Crippen molar-refractivity contribution in [3.8, 4) is 18.1 Å². The van der Waals surface area contributed by atoms with E-state index in [1.165, 1.54) is 0 Å². The molecule has 0 radical (unpaired) electrons. The van der Waals surface area contributed by atoms with Crippen LogP contribution >= 0.6 is 0 Å². The number of fused-ring (bicyclic) bond motifs is 1. The van der Waals surface area contributed by atoms with E-state index < -0.39 is 11.6 Å². The Morgan fingerprint density at radius 2 is 2.07 bits per heavy atom. The molecule has 28 heavy (non-hydrogen) atoms. The number of benzene rings is 1. The summed E-state index contributed by atoms with van der Waals surface area (Å²) in [6.07, 6.45) is 8.73. The quantitative estimate of drug-likeness (QED) is 0.667. The van der Waals surface area contributed by atoms with Gasteiger partial charge in [-0.15, -0.1) is 6.42 Å². The fourth-order valence-electron chi connectivity index (χ4n) is 2.93. The lowest BCUT2D eigenvalue weighted by Crippen LogP contribution is -2.47. The Bertz CT molecular complexity index is 1020. The van der Waals surface area contributed by atoms with E-state index in [4.69, 9.17) is 11.2 Å². The van der Waals surface area contributed by atoms with Gasteiger partial charge in [0.25, 0.3) is 5.91 Å². The van der Waals surface area contributed by atoms with Crippen molar-refractivity contribution in [2.24, 2.45) is 0 Å². The van der Waals surface area contributed by atoms with Crippen molar-refractivity contribution in [3.05, 3.63) is 66.1 Å². The number of aromatic nitrogens is 2. The van der Waals surface area contributed by atoms with Gasteiger partial charge in [-0.05, 0) is 56.7 Å². The first kappa shape index (κ1) is 19.4. The number of ether oxygens (including phenoxy) is 1. The first-order valence-electron chi connectivity index (χ1n) is 9.19. The van der Waals surface area contributed by atoms with Crippen molar-refractivity contribution < 1.29 is 9.53 Å². The van der Waals surface area contributed by atoms with Gasteiger partial charge >= 0.3 is 0 Å². The number of hydrogen-bond donors (Lipinski definition) is 1. The molecule has 0 saturated heterocycles. The van der Waals surface area contributed by atoms with E-state index >= 15 is 0 Å². The summed E-state index contributed by atoms with van der Waals surface area (Å²) in [7, 11) is 0. The Labute approximate surface area is 165 Å². The van der Waals surface area contributed by atoms with Gasteiger partial charge in [-0.2, -0.15) is 0 Å². The molecule has 0 aliphatic heterocycles. The van der Waals surface area contributed by atoms with E-state index in [2.05, 4.69) is 21.2 Å². The van der Waals surface area contributed by atoms with Gasteiger partial charge in [0, 0.05) is 23.3 Å². The third-order valence-electron chi connectivity index (χ3n) is 4.50. The molecule has 3 rings (SSSR count). The van der Waals surface area contributed by atoms with Crippen LogP contribution in [0.5, 0.6) is 5.75 Å². The van der Waals surface area contributed by atoms with Crippen molar-refractivity contribution in [2.75, 3.05) is 0 Å². The zero-order valence-corrected chi connectivity index (χ0v) is 16.3. The molecule has 5 nitrogen and oxygen atoms in total. The topological polar surface area (TPSA) is 64.1 Å². The minimum atomic E-state index is -0.621. The summed E-state index contributed by atoms with van der Waals surface area (Å²) in [5.41, 5.74) is 1.70. The standard InChI is InChI=1S/C23H23N3O2/c1-5-16-13-17-14-18(10-11-19(17)25-15-16)28-20(6-2)22(27)26-23(3,4)21-9-7-8-12-24-21/h1,7-15,20H,6H2,2-4H3,(H,26,27). The fourth-order valence-corrected chi connectivity index (χ4v) is 2.93. The molecule has 1 N–H and O–H groups in total. The van der Waals surface area contributed by atoms with Gasteiger partial charge in [-0.25, -0.2) is 0 Å². The molecule has 0 aliphatic rings. The molecular weight excluding hydrogens is 350 g/mol. The third-order valence-corrected chi connectivity index (χ3v) is 4.50. The predicted molar refractivity (Wildman–Crippen MR) is 110 cm³/mol. The zero-order chi connectivity index (χ0) is 20.1. The Hall–Kier alpha value is -3.39. The van der Waals surface area contributed by atoms with Crippen LogP contribution in [0.25, 0.3) is 10.9 Å². The van der Waals surface area contributed by atoms with Crippen molar-refractivity contribution in [1.82, 2.24) is 15.3 Å². The minimum absolute atomic E-state index is 0.186. The van der Waals surface area contributed by atoms with E-state index in [9.17, 15) is 4.79 Å². The molecule has 1 unspecified atom stereocenters. The number of nitrogens with zero attached hydrogens (tertiary/aromatic N) is 2. The summed E-state index contributed by atoms with van der Waals surface area (Å²) in [6.45, 7) is 5.75. The molecular formula is C23H23N3O2. The van der Waals surface area contributed by atoms with E-state index in [1.807, 2.05) is 63.2 Å². The highest BCUT2D eigenvalue weighted by molar-refractivity contribution is 5.83. The highest BCUT2D eigenvalue weighted by Gasteiger charge is 2.28. The largest absolute Gasteiger partial charge is 0.481 e. The van der Waals surface area contributed by atoms with Gasteiger partial charge in [0.1, 0.15) is 5.75 Å². The summed E-state index contributed by atoms with van der Waals surface area (Å²) >= 11 is 0. The summed E-state index contributed by atoms with van der Waals surface area (Å²) in [5.74, 6) is 2.99. The van der Waals surface area contributed by atoms with Gasteiger partial charge < -0.3 is 10.1 Å². The molecule has 2 aromatic heterocycles. The molecule has 0 fully saturated rings. The summed E-state index contributed by atoms with van der Waals surface area (Å²) in [4.78, 5) is 21.5. The van der Waals surface area contributed by atoms with Crippen LogP contribution in [0.3, 0.4) is 0 Å². The van der Waals surface area contributed by atoms with Crippen LogP contribution in [-0.2, 0) is 10.3 Å². The average molecular weight is 373 g/mol. The summed E-state index contributed by atoms with van der Waals surface area (Å²) in [6, 6.07) is 13.0. The number of nitrogens with one attached hydrogen (secondary N) is 1. The molecule has 0 spiro atoms. The van der Waals surface area contributed by atoms with E-state index in [-0.39, 0.29) is 5.91 Å². The van der Waals surface area contributed by atoms with Crippen LogP contribution in [0, 0.1) is 12.3 Å². The molecule has 2 heterocycles. The Kier molecular flexibility index (Phi) is 5.60. The molecule has 1 aromatic carbocycles. The van der Waals surface area contributed by atoms with Crippen LogP contribution < -0.4 is 10.1 Å². The molecule has 1 amide bonds. The van der Waals surface area contributed by atoms with Crippen molar-refractivity contribution >= 4 is 16.8 Å². The highest BCUT2D eigenvalue weighted by atomic mass is 16.5. The first-order valence-corrected chi connectivity index (χ1v) is 9.19. The average Bonchev–Trinajstić information content (AvgIpc) is 2.71. The van der Waals surface area contributed by atoms with Crippen LogP contribution in [-0.4, -0.2) is 22.0 Å². The maximum atomic E-state index is 12.8. The lowest BCUT2D eigenvalue weighted by molar-refractivity contribution is -0.130. The van der Waals surface area contributed by atoms with E-state index in [1.54, 1.807) is 12.4 Å². The molecule has 0 bridgehead atoms. The molecule has 3 aromatic rings. The maximum Gasteiger partial charge on any atom is 0.261 e. The second kappa shape index (κ2) is 8.10. The highest BCUT2D eigenvalue weighted by Crippen LogP contribution is 2.23. The van der Waals surface area contributed by atoms with Gasteiger partial charge in [-0.1, -0.05) is 18.9 Å². The Morgan fingerprint density at radius 1 is 1.25 bits per heavy atom. The number of hydrogen-bond acceptors (Lipinski definition) is 4. The Balaban J connectivity index is 1.77. The minimum Gasteiger partial charge on any atom is -0.481 e. The van der Waals surface area contributed by atoms with Crippen LogP contribution in [0.15, 0.2) is 54.9 Å². The van der Waals surface area contributed by atoms with E-state index in [0.29, 0.717) is 17.7 Å². The number of amides is 1. The predicted octanol–water partition coefficient (Wildman–Crippen LogP) is 3.82. The van der Waals surface area contributed by atoms with Crippen LogP contribution in [0.4, 0.5) is 0 Å². The SMILES string of the molecule is C#Cc1cnc2ccc(OC(CC)C(=O)NC(C)(C)c3ccccn3)cc2c1. The molecule has 1 atom stereocenters. The second-order valence-corrected chi connectivity index (χ2v) is 7.07. The van der Waals surface area contributed by atoms with E-state index in [0.717, 1.165) is 16.6 Å².